The fourth-order valence-electron chi connectivity index (χ4n) is 0.556. The van der Waals surface area contributed by atoms with Gasteiger partial charge in [0.05, 0.1) is 6.61 Å². The Morgan fingerprint density at radius 2 is 2.78 bits per heavy atom. The maximum absolute atomic E-state index is 10.1. The summed E-state index contributed by atoms with van der Waals surface area (Å²) in [6.07, 6.45) is 2.47. The largest absolute Gasteiger partial charge is 0.391 e. The third kappa shape index (κ3) is 1.46. The fourth-order valence-corrected chi connectivity index (χ4v) is 1.28. The minimum atomic E-state index is -0.188. The van der Waals surface area contributed by atoms with Crippen LogP contribution in [0.25, 0.3) is 0 Å². The van der Waals surface area contributed by atoms with Crippen LogP contribution in [-0.2, 0) is 4.79 Å². The first kappa shape index (κ1) is 6.64. The highest BCUT2D eigenvalue weighted by Crippen LogP contribution is 2.22. The number of hydrogen-bond acceptors (Lipinski definition) is 4. The first-order valence-electron chi connectivity index (χ1n) is 2.54. The van der Waals surface area contributed by atoms with Gasteiger partial charge in [-0.05, 0) is 0 Å². The molecule has 1 unspecified atom stereocenters. The topological polar surface area (TPSA) is 49.3 Å². The molecule has 0 radical (unpaired) electrons. The van der Waals surface area contributed by atoms with E-state index in [-0.39, 0.29) is 12.0 Å². The summed E-state index contributed by atoms with van der Waals surface area (Å²) in [5.74, 6) is 0. The number of aldehydes is 1. The van der Waals surface area contributed by atoms with Crippen molar-refractivity contribution < 1.29 is 9.90 Å². The average molecular weight is 145 g/mol. The summed E-state index contributed by atoms with van der Waals surface area (Å²) in [5, 5.41) is 11.1. The first-order chi connectivity index (χ1) is 4.36. The van der Waals surface area contributed by atoms with Crippen molar-refractivity contribution in [1.82, 2.24) is 5.32 Å². The van der Waals surface area contributed by atoms with Gasteiger partial charge < -0.3 is 15.2 Å². The summed E-state index contributed by atoms with van der Waals surface area (Å²) < 4.78 is 0. The number of carbonyl (C=O) groups is 1. The van der Waals surface area contributed by atoms with E-state index in [0.29, 0.717) is 0 Å². The molecule has 0 spiro atoms. The van der Waals surface area contributed by atoms with Crippen molar-refractivity contribution in [2.45, 2.75) is 5.37 Å². The Labute approximate surface area is 57.1 Å². The van der Waals surface area contributed by atoms with E-state index in [1.54, 1.807) is 6.20 Å². The lowest BCUT2D eigenvalue weighted by molar-refractivity contribution is -0.107. The summed E-state index contributed by atoms with van der Waals surface area (Å²) in [6, 6.07) is 0. The number of thioether (sulfide) groups is 1. The maximum Gasteiger partial charge on any atom is 0.152 e. The number of aliphatic hydroxyl groups excluding tert-OH is 1. The van der Waals surface area contributed by atoms with Crippen molar-refractivity contribution >= 4 is 18.0 Å². The minimum absolute atomic E-state index is 0.0159. The Balaban J connectivity index is 2.39. The number of rotatable bonds is 2. The van der Waals surface area contributed by atoms with E-state index < -0.39 is 0 Å². The van der Waals surface area contributed by atoms with Crippen molar-refractivity contribution in [3.05, 3.63) is 11.1 Å². The highest BCUT2D eigenvalue weighted by atomic mass is 32.2. The molecule has 1 aliphatic rings. The molecule has 0 saturated heterocycles. The lowest BCUT2D eigenvalue weighted by Gasteiger charge is -1.97. The highest BCUT2D eigenvalue weighted by Gasteiger charge is 2.14. The molecule has 9 heavy (non-hydrogen) atoms. The van der Waals surface area contributed by atoms with Crippen molar-refractivity contribution in [3.63, 3.8) is 0 Å². The third-order valence-corrected chi connectivity index (χ3v) is 2.02. The second-order valence-electron chi connectivity index (χ2n) is 1.61. The zero-order valence-corrected chi connectivity index (χ0v) is 5.52. The van der Waals surface area contributed by atoms with Crippen molar-refractivity contribution in [1.29, 1.82) is 0 Å². The van der Waals surface area contributed by atoms with Gasteiger partial charge in [-0.1, -0.05) is 11.8 Å². The molecule has 0 aromatic heterocycles. The lowest BCUT2D eigenvalue weighted by Crippen LogP contribution is -2.16. The summed E-state index contributed by atoms with van der Waals surface area (Å²) >= 11 is 1.34. The summed E-state index contributed by atoms with van der Waals surface area (Å²) in [6.45, 7) is 0.0159. The van der Waals surface area contributed by atoms with Crippen molar-refractivity contribution in [3.8, 4) is 0 Å². The Kier molecular flexibility index (Phi) is 2.13. The number of carbonyl (C=O) groups excluding carboxylic acids is 1. The molecular formula is C5H7NO2S. The van der Waals surface area contributed by atoms with E-state index in [1.165, 1.54) is 11.8 Å². The molecule has 0 aliphatic carbocycles. The molecule has 2 N–H and O–H groups in total. The van der Waals surface area contributed by atoms with Crippen LogP contribution in [0.3, 0.4) is 0 Å². The zero-order chi connectivity index (χ0) is 6.69. The number of hydrogen-bond donors (Lipinski definition) is 2. The quantitative estimate of drug-likeness (QED) is 0.523. The SMILES string of the molecule is O=CC1NC=C(CO)S1. The predicted molar refractivity (Wildman–Crippen MR) is 35.7 cm³/mol. The molecule has 1 heterocycles. The van der Waals surface area contributed by atoms with Crippen LogP contribution in [0, 0.1) is 0 Å². The second-order valence-corrected chi connectivity index (χ2v) is 2.88. The lowest BCUT2D eigenvalue weighted by atomic mass is 10.6. The molecule has 0 fully saturated rings. The predicted octanol–water partition coefficient (Wildman–Crippen LogP) is -0.319. The van der Waals surface area contributed by atoms with Crippen LogP contribution in [0.4, 0.5) is 0 Å². The molecule has 0 saturated carbocycles. The van der Waals surface area contributed by atoms with Crippen molar-refractivity contribution in [2.24, 2.45) is 0 Å². The van der Waals surface area contributed by atoms with Gasteiger partial charge in [-0.2, -0.15) is 0 Å². The molecule has 50 valence electrons. The van der Waals surface area contributed by atoms with Gasteiger partial charge in [0.25, 0.3) is 0 Å². The normalized spacial score (nSPS) is 25.0. The van der Waals surface area contributed by atoms with Gasteiger partial charge in [0.1, 0.15) is 5.37 Å². The van der Waals surface area contributed by atoms with Gasteiger partial charge in [0.2, 0.25) is 0 Å². The number of aliphatic hydroxyl groups is 1. The van der Waals surface area contributed by atoms with Gasteiger partial charge in [0.15, 0.2) is 6.29 Å². The molecule has 4 heteroatoms. The standard InChI is InChI=1S/C5H7NO2S/c7-2-4-1-6-5(3-8)9-4/h1,3,5-7H,2H2. The molecule has 3 nitrogen and oxygen atoms in total. The molecule has 1 aliphatic heterocycles. The van der Waals surface area contributed by atoms with E-state index >= 15 is 0 Å². The van der Waals surface area contributed by atoms with E-state index in [9.17, 15) is 4.79 Å². The highest BCUT2D eigenvalue weighted by molar-refractivity contribution is 8.04. The van der Waals surface area contributed by atoms with E-state index in [1.807, 2.05) is 0 Å². The molecular weight excluding hydrogens is 138 g/mol. The smallest absolute Gasteiger partial charge is 0.152 e. The summed E-state index contributed by atoms with van der Waals surface area (Å²) in [5.41, 5.74) is 0. The Bertz CT molecular complexity index is 146. The fraction of sp³-hybridized carbons (Fsp3) is 0.400. The van der Waals surface area contributed by atoms with Gasteiger partial charge in [0, 0.05) is 11.1 Å². The molecule has 1 rings (SSSR count). The van der Waals surface area contributed by atoms with E-state index in [2.05, 4.69) is 5.32 Å². The Hall–Kier alpha value is -0.480. The van der Waals surface area contributed by atoms with Crippen LogP contribution in [0.15, 0.2) is 11.1 Å². The molecule has 0 aromatic rings. The van der Waals surface area contributed by atoms with E-state index in [4.69, 9.17) is 5.11 Å². The molecule has 0 aromatic carbocycles. The van der Waals surface area contributed by atoms with Crippen LogP contribution in [0.1, 0.15) is 0 Å². The van der Waals surface area contributed by atoms with Gasteiger partial charge in [-0.15, -0.1) is 0 Å². The first-order valence-corrected chi connectivity index (χ1v) is 3.42. The third-order valence-electron chi connectivity index (χ3n) is 0.966. The van der Waals surface area contributed by atoms with Crippen LogP contribution in [0.2, 0.25) is 0 Å². The molecule has 0 bridgehead atoms. The summed E-state index contributed by atoms with van der Waals surface area (Å²) in [7, 11) is 0. The van der Waals surface area contributed by atoms with Crippen LogP contribution in [0.5, 0.6) is 0 Å². The molecule has 1 atom stereocenters. The Morgan fingerprint density at radius 1 is 2.00 bits per heavy atom. The summed E-state index contributed by atoms with van der Waals surface area (Å²) in [4.78, 5) is 10.9. The second kappa shape index (κ2) is 2.89. The maximum atomic E-state index is 10.1. The van der Waals surface area contributed by atoms with Gasteiger partial charge >= 0.3 is 0 Å². The van der Waals surface area contributed by atoms with Gasteiger partial charge in [-0.25, -0.2) is 0 Å². The van der Waals surface area contributed by atoms with Crippen LogP contribution in [-0.4, -0.2) is 23.4 Å². The number of nitrogens with one attached hydrogen (secondary N) is 1. The molecule has 0 amide bonds. The van der Waals surface area contributed by atoms with Crippen LogP contribution >= 0.6 is 11.8 Å². The Morgan fingerprint density at radius 3 is 3.11 bits per heavy atom. The van der Waals surface area contributed by atoms with E-state index in [0.717, 1.165) is 11.2 Å². The average Bonchev–Trinajstić information content (AvgIpc) is 2.34. The van der Waals surface area contributed by atoms with Crippen LogP contribution < -0.4 is 5.32 Å². The minimum Gasteiger partial charge on any atom is -0.391 e. The van der Waals surface area contributed by atoms with Crippen molar-refractivity contribution in [2.75, 3.05) is 6.61 Å². The van der Waals surface area contributed by atoms with Gasteiger partial charge in [-0.3, -0.25) is 0 Å². The zero-order valence-electron chi connectivity index (χ0n) is 4.70. The monoisotopic (exact) mass is 145 g/mol.